The van der Waals surface area contributed by atoms with E-state index < -0.39 is 17.8 Å². The first-order valence-electron chi connectivity index (χ1n) is 5.89. The number of benzene rings is 2. The number of anilines is 2. The lowest BCUT2D eigenvalue weighted by Gasteiger charge is -2.08. The lowest BCUT2D eigenvalue weighted by Crippen LogP contribution is -2.19. The molecule has 0 heterocycles. The smallest absolute Gasteiger partial charge is 0.316 e. The van der Waals surface area contributed by atoms with Crippen LogP contribution < -0.4 is 16.4 Å². The molecule has 0 spiro atoms. The maximum Gasteiger partial charge on any atom is 0.316 e. The van der Waals surface area contributed by atoms with Crippen molar-refractivity contribution in [1.82, 2.24) is 0 Å². The van der Waals surface area contributed by atoms with Crippen molar-refractivity contribution in [2.45, 2.75) is 0 Å². The van der Waals surface area contributed by atoms with Gasteiger partial charge in [0, 0.05) is 11.4 Å². The van der Waals surface area contributed by atoms with Crippen LogP contribution in [0.2, 0.25) is 0 Å². The average molecular weight is 352 g/mol. The van der Waals surface area contributed by atoms with E-state index in [9.17, 15) is 14.0 Å². The SMILES string of the molecule is NC(=O)Nc1ccc(NC(=O)c2cccc(F)c2Br)cc1. The summed E-state index contributed by atoms with van der Waals surface area (Å²) in [4.78, 5) is 22.7. The molecule has 3 amide bonds. The van der Waals surface area contributed by atoms with E-state index in [1.807, 2.05) is 0 Å². The van der Waals surface area contributed by atoms with Crippen LogP contribution in [0, 0.1) is 5.82 Å². The molecular weight excluding hydrogens is 341 g/mol. The lowest BCUT2D eigenvalue weighted by atomic mass is 10.2. The molecular formula is C14H11BrFN3O2. The number of nitrogens with one attached hydrogen (secondary N) is 2. The van der Waals surface area contributed by atoms with Crippen LogP contribution in [-0.4, -0.2) is 11.9 Å². The van der Waals surface area contributed by atoms with Crippen LogP contribution in [0.3, 0.4) is 0 Å². The summed E-state index contributed by atoms with van der Waals surface area (Å²) >= 11 is 3.04. The van der Waals surface area contributed by atoms with Gasteiger partial charge in [0.1, 0.15) is 5.82 Å². The first-order chi connectivity index (χ1) is 9.97. The Labute approximate surface area is 128 Å². The van der Waals surface area contributed by atoms with E-state index in [4.69, 9.17) is 5.73 Å². The van der Waals surface area contributed by atoms with Crippen molar-refractivity contribution in [3.8, 4) is 0 Å². The standard InChI is InChI=1S/C14H11BrFN3O2/c15-12-10(2-1-3-11(12)16)13(20)18-8-4-6-9(7-5-8)19-14(17)21/h1-7H,(H,18,20)(H3,17,19,21). The van der Waals surface area contributed by atoms with Gasteiger partial charge in [-0.05, 0) is 52.3 Å². The number of urea groups is 1. The van der Waals surface area contributed by atoms with Gasteiger partial charge in [-0.2, -0.15) is 0 Å². The Morgan fingerprint density at radius 2 is 1.57 bits per heavy atom. The van der Waals surface area contributed by atoms with Crippen molar-refractivity contribution in [2.75, 3.05) is 10.6 Å². The van der Waals surface area contributed by atoms with Gasteiger partial charge in [-0.1, -0.05) is 6.07 Å². The molecule has 0 saturated heterocycles. The highest BCUT2D eigenvalue weighted by Gasteiger charge is 2.13. The van der Waals surface area contributed by atoms with Crippen molar-refractivity contribution in [1.29, 1.82) is 0 Å². The molecule has 0 aliphatic carbocycles. The molecule has 0 bridgehead atoms. The van der Waals surface area contributed by atoms with Crippen molar-refractivity contribution >= 4 is 39.2 Å². The maximum atomic E-state index is 13.4. The van der Waals surface area contributed by atoms with E-state index in [1.54, 1.807) is 24.3 Å². The van der Waals surface area contributed by atoms with Crippen LogP contribution in [0.1, 0.15) is 10.4 Å². The zero-order valence-corrected chi connectivity index (χ0v) is 12.3. The van der Waals surface area contributed by atoms with Crippen molar-refractivity contribution in [3.05, 3.63) is 58.3 Å². The van der Waals surface area contributed by atoms with Crippen molar-refractivity contribution in [3.63, 3.8) is 0 Å². The summed E-state index contributed by atoms with van der Waals surface area (Å²) in [6.45, 7) is 0. The van der Waals surface area contributed by atoms with Crippen molar-refractivity contribution in [2.24, 2.45) is 5.73 Å². The van der Waals surface area contributed by atoms with Crippen LogP contribution in [0.15, 0.2) is 46.9 Å². The molecule has 5 nitrogen and oxygen atoms in total. The van der Waals surface area contributed by atoms with E-state index >= 15 is 0 Å². The second-order valence-electron chi connectivity index (χ2n) is 4.12. The fourth-order valence-electron chi connectivity index (χ4n) is 1.66. The molecule has 0 atom stereocenters. The van der Waals surface area contributed by atoms with Crippen LogP contribution in [-0.2, 0) is 0 Å². The number of carbonyl (C=O) groups excluding carboxylic acids is 2. The molecule has 0 aliphatic rings. The monoisotopic (exact) mass is 351 g/mol. The number of carbonyl (C=O) groups is 2. The molecule has 0 radical (unpaired) electrons. The number of primary amides is 1. The Balaban J connectivity index is 2.12. The van der Waals surface area contributed by atoms with E-state index in [0.29, 0.717) is 11.4 Å². The van der Waals surface area contributed by atoms with Gasteiger partial charge in [0.05, 0.1) is 10.0 Å². The molecule has 2 aromatic rings. The highest BCUT2D eigenvalue weighted by molar-refractivity contribution is 9.10. The summed E-state index contributed by atoms with van der Waals surface area (Å²) in [5.74, 6) is -0.958. The van der Waals surface area contributed by atoms with E-state index in [1.165, 1.54) is 18.2 Å². The summed E-state index contributed by atoms with van der Waals surface area (Å²) in [6.07, 6.45) is 0. The van der Waals surface area contributed by atoms with Gasteiger partial charge in [-0.15, -0.1) is 0 Å². The van der Waals surface area contributed by atoms with E-state index in [2.05, 4.69) is 26.6 Å². The topological polar surface area (TPSA) is 84.2 Å². The maximum absolute atomic E-state index is 13.4. The van der Waals surface area contributed by atoms with Gasteiger partial charge in [-0.3, -0.25) is 4.79 Å². The number of hydrogen-bond acceptors (Lipinski definition) is 2. The highest BCUT2D eigenvalue weighted by atomic mass is 79.9. The van der Waals surface area contributed by atoms with E-state index in [-0.39, 0.29) is 10.0 Å². The summed E-state index contributed by atoms with van der Waals surface area (Å²) in [5.41, 5.74) is 6.19. The van der Waals surface area contributed by atoms with Crippen molar-refractivity contribution < 1.29 is 14.0 Å². The predicted octanol–water partition coefficient (Wildman–Crippen LogP) is 3.33. The first-order valence-corrected chi connectivity index (χ1v) is 6.68. The molecule has 0 unspecified atom stereocenters. The van der Waals surface area contributed by atoms with Crippen LogP contribution in [0.4, 0.5) is 20.6 Å². The number of halogens is 2. The van der Waals surface area contributed by atoms with Gasteiger partial charge in [0.2, 0.25) is 0 Å². The Hall–Kier alpha value is -2.41. The van der Waals surface area contributed by atoms with E-state index in [0.717, 1.165) is 0 Å². The Morgan fingerprint density at radius 3 is 2.14 bits per heavy atom. The zero-order chi connectivity index (χ0) is 15.4. The molecule has 2 rings (SSSR count). The third-order valence-electron chi connectivity index (χ3n) is 2.61. The largest absolute Gasteiger partial charge is 0.351 e. The average Bonchev–Trinajstić information content (AvgIpc) is 2.43. The third-order valence-corrected chi connectivity index (χ3v) is 3.41. The molecule has 0 aromatic heterocycles. The molecule has 0 saturated carbocycles. The quantitative estimate of drug-likeness (QED) is 0.792. The number of rotatable bonds is 3. The van der Waals surface area contributed by atoms with Gasteiger partial charge >= 0.3 is 6.03 Å². The van der Waals surface area contributed by atoms with Crippen LogP contribution in [0.5, 0.6) is 0 Å². The highest BCUT2D eigenvalue weighted by Crippen LogP contribution is 2.22. The summed E-state index contributed by atoms with van der Waals surface area (Å²) in [5, 5.41) is 5.03. The fourth-order valence-corrected chi connectivity index (χ4v) is 2.10. The predicted molar refractivity (Wildman–Crippen MR) is 81.7 cm³/mol. The van der Waals surface area contributed by atoms with Crippen LogP contribution >= 0.6 is 15.9 Å². The minimum absolute atomic E-state index is 0.106. The Kier molecular flexibility index (Phi) is 4.54. The molecule has 21 heavy (non-hydrogen) atoms. The van der Waals surface area contributed by atoms with Crippen LogP contribution in [0.25, 0.3) is 0 Å². The zero-order valence-electron chi connectivity index (χ0n) is 10.7. The number of amides is 3. The minimum atomic E-state index is -0.671. The lowest BCUT2D eigenvalue weighted by molar-refractivity contribution is 0.102. The fraction of sp³-hybridized carbons (Fsp3) is 0. The molecule has 4 N–H and O–H groups in total. The Morgan fingerprint density at radius 1 is 1.00 bits per heavy atom. The molecule has 108 valence electrons. The van der Waals surface area contributed by atoms with Gasteiger partial charge < -0.3 is 16.4 Å². The first kappa shape index (κ1) is 15.0. The summed E-state index contributed by atoms with van der Waals surface area (Å²) in [6, 6.07) is 9.90. The van der Waals surface area contributed by atoms with Gasteiger partial charge in [-0.25, -0.2) is 9.18 Å². The molecule has 0 fully saturated rings. The molecule has 2 aromatic carbocycles. The van der Waals surface area contributed by atoms with Gasteiger partial charge in [0.15, 0.2) is 0 Å². The minimum Gasteiger partial charge on any atom is -0.351 e. The van der Waals surface area contributed by atoms with Gasteiger partial charge in [0.25, 0.3) is 5.91 Å². The number of hydrogen-bond donors (Lipinski definition) is 3. The number of nitrogens with two attached hydrogens (primary N) is 1. The molecule has 0 aliphatic heterocycles. The second kappa shape index (κ2) is 6.36. The summed E-state index contributed by atoms with van der Waals surface area (Å²) < 4.78 is 13.5. The second-order valence-corrected chi connectivity index (χ2v) is 4.92. The normalized spacial score (nSPS) is 10.0. The Bertz CT molecular complexity index is 689. The summed E-state index contributed by atoms with van der Waals surface area (Å²) in [7, 11) is 0. The third kappa shape index (κ3) is 3.79. The molecule has 7 heteroatoms.